The Morgan fingerprint density at radius 1 is 0.420 bits per heavy atom. The number of oxime groups is 2. The first kappa shape index (κ1) is 36.5. The molecule has 0 atom stereocenters. The Morgan fingerprint density at radius 2 is 0.700 bits per heavy atom. The van der Waals surface area contributed by atoms with Crippen molar-refractivity contribution in [2.24, 2.45) is 10.3 Å². The summed E-state index contributed by atoms with van der Waals surface area (Å²) in [6.07, 6.45) is 1.59. The van der Waals surface area contributed by atoms with Gasteiger partial charge in [0.15, 0.2) is 0 Å². The van der Waals surface area contributed by atoms with E-state index in [4.69, 9.17) is 16.9 Å². The third-order valence-corrected chi connectivity index (χ3v) is 11.9. The van der Waals surface area contributed by atoms with Crippen LogP contribution in [0.25, 0.3) is 0 Å². The summed E-state index contributed by atoms with van der Waals surface area (Å²) < 4.78 is 121. The Bertz CT molecular complexity index is 2190. The van der Waals surface area contributed by atoms with Crippen molar-refractivity contribution in [1.82, 2.24) is 0 Å². The van der Waals surface area contributed by atoms with Crippen LogP contribution >= 0.6 is 0 Å². The predicted molar refractivity (Wildman–Crippen MR) is 181 cm³/mol. The van der Waals surface area contributed by atoms with Crippen LogP contribution in [0.3, 0.4) is 0 Å². The summed E-state index contributed by atoms with van der Waals surface area (Å²) in [6.45, 7) is 3.60. The zero-order chi connectivity index (χ0) is 36.2. The van der Waals surface area contributed by atoms with Crippen LogP contribution < -0.4 is 8.37 Å². The van der Waals surface area contributed by atoms with E-state index in [0.717, 1.165) is 59.7 Å². The van der Waals surface area contributed by atoms with E-state index in [1.807, 2.05) is 0 Å². The number of nitrogens with zero attached hydrogens (tertiary/aromatic N) is 2. The normalized spacial score (nSPS) is 15.8. The van der Waals surface area contributed by atoms with Crippen LogP contribution in [0.4, 0.5) is 0 Å². The topological polar surface area (TPSA) is 198 Å². The highest BCUT2D eigenvalue weighted by molar-refractivity contribution is 7.87. The van der Waals surface area contributed by atoms with Crippen LogP contribution in [-0.2, 0) is 49.0 Å². The van der Waals surface area contributed by atoms with Gasteiger partial charge in [-0.15, -0.1) is 0 Å². The van der Waals surface area contributed by atoms with Crippen molar-refractivity contribution < 1.29 is 50.6 Å². The number of benzene rings is 4. The van der Waals surface area contributed by atoms with E-state index in [-0.39, 0.29) is 55.3 Å². The first-order valence-electron chi connectivity index (χ1n) is 14.8. The van der Waals surface area contributed by atoms with Gasteiger partial charge in [-0.2, -0.15) is 33.7 Å². The molecule has 0 spiro atoms. The van der Waals surface area contributed by atoms with Gasteiger partial charge in [0.2, 0.25) is 0 Å². The maximum Gasteiger partial charge on any atom is 0.358 e. The molecule has 0 saturated heterocycles. The number of rotatable bonds is 12. The summed E-state index contributed by atoms with van der Waals surface area (Å²) in [5.41, 5.74) is 1.81. The molecule has 0 amide bonds. The number of hydrogen-bond acceptors (Lipinski definition) is 14. The second-order valence-electron chi connectivity index (χ2n) is 11.0. The van der Waals surface area contributed by atoms with Crippen LogP contribution in [0.15, 0.2) is 127 Å². The molecule has 14 nitrogen and oxygen atoms in total. The molecule has 18 heteroatoms. The standard InChI is InChI=1S/C32H30N2O12S4/c1-23-7-15-27(16-8-23)47(35,36)43-25-11-19-29(20-12-25)49(39,40)45-33-31-5-3-4-6-32(31)34-46-50(41,42)30-21-13-26(14-22-30)44-48(37,38)28-17-9-24(2)10-18-28/h7-22H,3-6H2,1-2H3/b33-31+,34-32+. The second-order valence-corrected chi connectivity index (χ2v) is 17.1. The van der Waals surface area contributed by atoms with Crippen LogP contribution in [0.5, 0.6) is 11.5 Å². The van der Waals surface area contributed by atoms with Gasteiger partial charge in [-0.05, 0) is 112 Å². The van der Waals surface area contributed by atoms with E-state index < -0.39 is 40.5 Å². The molecule has 0 N–H and O–H groups in total. The highest BCUT2D eigenvalue weighted by atomic mass is 32.2. The van der Waals surface area contributed by atoms with Crippen molar-refractivity contribution in [3.63, 3.8) is 0 Å². The molecule has 0 radical (unpaired) electrons. The van der Waals surface area contributed by atoms with Crippen LogP contribution in [0.2, 0.25) is 0 Å². The lowest BCUT2D eigenvalue weighted by molar-refractivity contribution is 0.331. The molecule has 264 valence electrons. The largest absolute Gasteiger partial charge is 0.379 e. The SMILES string of the molecule is Cc1ccc(S(=O)(=O)Oc2ccc(S(=O)(=O)O/N=C3\CCCC\C3=N/OS(=O)(=O)c3ccc(OS(=O)(=O)c4ccc(C)cc4)cc3)cc2)cc1. The second kappa shape index (κ2) is 14.6. The monoisotopic (exact) mass is 762 g/mol. The van der Waals surface area contributed by atoms with Gasteiger partial charge < -0.3 is 8.37 Å². The molecule has 50 heavy (non-hydrogen) atoms. The number of aryl methyl sites for hydroxylation is 2. The molecule has 0 heterocycles. The van der Waals surface area contributed by atoms with Crippen LogP contribution in [-0.4, -0.2) is 45.1 Å². The van der Waals surface area contributed by atoms with E-state index in [9.17, 15) is 33.7 Å². The fourth-order valence-electron chi connectivity index (χ4n) is 4.43. The minimum Gasteiger partial charge on any atom is -0.379 e. The molecular weight excluding hydrogens is 733 g/mol. The molecule has 1 saturated carbocycles. The highest BCUT2D eigenvalue weighted by Crippen LogP contribution is 2.25. The summed E-state index contributed by atoms with van der Waals surface area (Å²) in [6, 6.07) is 20.9. The van der Waals surface area contributed by atoms with Crippen molar-refractivity contribution in [2.75, 3.05) is 0 Å². The average molecular weight is 763 g/mol. The van der Waals surface area contributed by atoms with Crippen molar-refractivity contribution in [3.8, 4) is 11.5 Å². The Morgan fingerprint density at radius 3 is 1.02 bits per heavy atom. The first-order chi connectivity index (χ1) is 23.5. The fourth-order valence-corrected chi connectivity index (χ4v) is 7.77. The summed E-state index contributed by atoms with van der Waals surface area (Å²) >= 11 is 0. The highest BCUT2D eigenvalue weighted by Gasteiger charge is 2.24. The first-order valence-corrected chi connectivity index (χ1v) is 20.4. The molecule has 0 aliphatic heterocycles. The molecule has 4 aromatic carbocycles. The lowest BCUT2D eigenvalue weighted by atomic mass is 9.97. The molecule has 0 unspecified atom stereocenters. The molecule has 0 aromatic heterocycles. The van der Waals surface area contributed by atoms with Crippen LogP contribution in [0.1, 0.15) is 36.8 Å². The predicted octanol–water partition coefficient (Wildman–Crippen LogP) is 5.24. The molecule has 1 aliphatic rings. The summed E-state index contributed by atoms with van der Waals surface area (Å²) in [7, 11) is -17.3. The van der Waals surface area contributed by atoms with E-state index in [1.54, 1.807) is 38.1 Å². The number of hydrogen-bond donors (Lipinski definition) is 0. The van der Waals surface area contributed by atoms with Gasteiger partial charge in [-0.1, -0.05) is 45.7 Å². The van der Waals surface area contributed by atoms with E-state index in [1.165, 1.54) is 24.3 Å². The zero-order valence-corrected chi connectivity index (χ0v) is 29.8. The maximum atomic E-state index is 12.8. The molecular formula is C32H30N2O12S4. The Kier molecular flexibility index (Phi) is 10.7. The van der Waals surface area contributed by atoms with E-state index in [2.05, 4.69) is 10.3 Å². The zero-order valence-electron chi connectivity index (χ0n) is 26.5. The van der Waals surface area contributed by atoms with Gasteiger partial charge in [0.05, 0.1) is 0 Å². The molecule has 5 rings (SSSR count). The Balaban J connectivity index is 1.24. The van der Waals surface area contributed by atoms with E-state index in [0.29, 0.717) is 12.8 Å². The van der Waals surface area contributed by atoms with Gasteiger partial charge in [-0.25, -0.2) is 0 Å². The Hall–Kier alpha value is -4.78. The molecule has 1 fully saturated rings. The van der Waals surface area contributed by atoms with Gasteiger partial charge in [-0.3, -0.25) is 8.57 Å². The molecule has 1 aliphatic carbocycles. The quantitative estimate of drug-likeness (QED) is 0.135. The van der Waals surface area contributed by atoms with Crippen LogP contribution in [0, 0.1) is 13.8 Å². The van der Waals surface area contributed by atoms with Crippen molar-refractivity contribution >= 4 is 51.9 Å². The van der Waals surface area contributed by atoms with Gasteiger partial charge in [0.25, 0.3) is 0 Å². The molecule has 4 aromatic rings. The summed E-state index contributed by atoms with van der Waals surface area (Å²) in [4.78, 5) is -0.853. The maximum absolute atomic E-state index is 12.8. The summed E-state index contributed by atoms with van der Waals surface area (Å²) in [5, 5.41) is 7.43. The van der Waals surface area contributed by atoms with Gasteiger partial charge >= 0.3 is 40.5 Å². The van der Waals surface area contributed by atoms with Crippen molar-refractivity contribution in [3.05, 3.63) is 108 Å². The minimum atomic E-state index is -4.49. The fraction of sp³-hybridized carbons (Fsp3) is 0.188. The smallest absolute Gasteiger partial charge is 0.358 e. The average Bonchev–Trinajstić information content (AvgIpc) is 3.07. The lowest BCUT2D eigenvalue weighted by Gasteiger charge is -2.14. The third kappa shape index (κ3) is 9.06. The van der Waals surface area contributed by atoms with Gasteiger partial charge in [0, 0.05) is 0 Å². The minimum absolute atomic E-state index is 0.0456. The lowest BCUT2D eigenvalue weighted by Crippen LogP contribution is -2.21. The van der Waals surface area contributed by atoms with Gasteiger partial charge in [0.1, 0.15) is 42.5 Å². The van der Waals surface area contributed by atoms with E-state index >= 15 is 0 Å². The van der Waals surface area contributed by atoms with Crippen molar-refractivity contribution in [2.45, 2.75) is 59.1 Å². The summed E-state index contributed by atoms with van der Waals surface area (Å²) in [5.74, 6) is -0.268. The molecule has 0 bridgehead atoms. The Labute approximate surface area is 290 Å². The van der Waals surface area contributed by atoms with Crippen molar-refractivity contribution in [1.29, 1.82) is 0 Å². The third-order valence-electron chi connectivity index (χ3n) is 7.16.